The first-order valence-corrected chi connectivity index (χ1v) is 9.06. The molecule has 0 aliphatic rings. The topological polar surface area (TPSA) is 97.0 Å². The van der Waals surface area contributed by atoms with E-state index in [2.05, 4.69) is 9.82 Å². The highest BCUT2D eigenvalue weighted by molar-refractivity contribution is 7.92. The van der Waals surface area contributed by atoms with Crippen molar-refractivity contribution in [2.45, 2.75) is 39.1 Å². The first kappa shape index (κ1) is 17.8. The van der Waals surface area contributed by atoms with Gasteiger partial charge in [0.15, 0.2) is 0 Å². The molecule has 0 fully saturated rings. The van der Waals surface area contributed by atoms with E-state index in [1.165, 1.54) is 18.2 Å². The van der Waals surface area contributed by atoms with Gasteiger partial charge in [-0.3, -0.25) is 9.40 Å². The second-order valence-corrected chi connectivity index (χ2v) is 6.85. The van der Waals surface area contributed by atoms with Crippen LogP contribution in [0, 0.1) is 25.2 Å². The lowest BCUT2D eigenvalue weighted by Gasteiger charge is -2.11. The maximum absolute atomic E-state index is 12.6. The van der Waals surface area contributed by atoms with Gasteiger partial charge in [-0.15, -0.1) is 0 Å². The van der Waals surface area contributed by atoms with Crippen LogP contribution in [0.5, 0.6) is 5.75 Å². The smallest absolute Gasteiger partial charge is 0.262 e. The van der Waals surface area contributed by atoms with E-state index in [4.69, 9.17) is 4.74 Å². The number of anilines is 1. The van der Waals surface area contributed by atoms with Gasteiger partial charge in [0.1, 0.15) is 11.8 Å². The summed E-state index contributed by atoms with van der Waals surface area (Å²) in [6.45, 7) is 8.33. The fourth-order valence-corrected chi connectivity index (χ4v) is 3.59. The number of nitriles is 1. The molecule has 0 atom stereocenters. The third-order valence-corrected chi connectivity index (χ3v) is 4.95. The monoisotopic (exact) mass is 348 g/mol. The Hall–Kier alpha value is -2.53. The van der Waals surface area contributed by atoms with E-state index < -0.39 is 10.0 Å². The molecule has 128 valence electrons. The van der Waals surface area contributed by atoms with Crippen molar-refractivity contribution in [2.24, 2.45) is 0 Å². The molecule has 24 heavy (non-hydrogen) atoms. The molecular formula is C16H20N4O3S. The Morgan fingerprint density at radius 2 is 2.04 bits per heavy atom. The molecule has 1 N–H and O–H groups in total. The van der Waals surface area contributed by atoms with E-state index >= 15 is 0 Å². The van der Waals surface area contributed by atoms with E-state index in [1.54, 1.807) is 25.5 Å². The summed E-state index contributed by atoms with van der Waals surface area (Å²) in [5.41, 5.74) is 1.98. The third kappa shape index (κ3) is 3.36. The highest BCUT2D eigenvalue weighted by Gasteiger charge is 2.21. The lowest BCUT2D eigenvalue weighted by atomic mass is 10.2. The highest BCUT2D eigenvalue weighted by atomic mass is 32.2. The molecule has 2 aromatic rings. The second kappa shape index (κ2) is 6.93. The van der Waals surface area contributed by atoms with E-state index in [-0.39, 0.29) is 10.5 Å². The molecule has 7 nitrogen and oxygen atoms in total. The van der Waals surface area contributed by atoms with Crippen molar-refractivity contribution in [1.82, 2.24) is 9.78 Å². The van der Waals surface area contributed by atoms with Gasteiger partial charge in [-0.2, -0.15) is 10.4 Å². The molecule has 0 radical (unpaired) electrons. The molecule has 0 amide bonds. The number of hydrogen-bond donors (Lipinski definition) is 1. The number of nitrogens with zero attached hydrogens (tertiary/aromatic N) is 3. The van der Waals surface area contributed by atoms with Crippen molar-refractivity contribution in [3.05, 3.63) is 35.2 Å². The van der Waals surface area contributed by atoms with Gasteiger partial charge in [-0.1, -0.05) is 0 Å². The van der Waals surface area contributed by atoms with E-state index in [0.717, 1.165) is 5.69 Å². The predicted molar refractivity (Wildman–Crippen MR) is 90.5 cm³/mol. The van der Waals surface area contributed by atoms with Crippen molar-refractivity contribution in [3.63, 3.8) is 0 Å². The second-order valence-electron chi connectivity index (χ2n) is 5.17. The van der Waals surface area contributed by atoms with Gasteiger partial charge in [0.05, 0.1) is 34.1 Å². The van der Waals surface area contributed by atoms with Gasteiger partial charge in [-0.25, -0.2) is 8.42 Å². The lowest BCUT2D eigenvalue weighted by Crippen LogP contribution is -2.14. The van der Waals surface area contributed by atoms with Crippen LogP contribution >= 0.6 is 0 Å². The maximum Gasteiger partial charge on any atom is 0.262 e. The van der Waals surface area contributed by atoms with Gasteiger partial charge in [-0.05, 0) is 45.9 Å². The van der Waals surface area contributed by atoms with Crippen LogP contribution in [0.25, 0.3) is 0 Å². The van der Waals surface area contributed by atoms with Crippen LogP contribution in [-0.4, -0.2) is 24.8 Å². The fourth-order valence-electron chi connectivity index (χ4n) is 2.39. The first-order chi connectivity index (χ1) is 11.3. The molecule has 0 bridgehead atoms. The summed E-state index contributed by atoms with van der Waals surface area (Å²) < 4.78 is 34.9. The number of aryl methyl sites for hydroxylation is 2. The fraction of sp³-hybridized carbons (Fsp3) is 0.375. The zero-order valence-electron chi connectivity index (χ0n) is 14.1. The third-order valence-electron chi connectivity index (χ3n) is 3.60. The minimum absolute atomic E-state index is 0.00514. The first-order valence-electron chi connectivity index (χ1n) is 7.57. The van der Waals surface area contributed by atoms with Crippen molar-refractivity contribution < 1.29 is 13.2 Å². The number of nitrogens with one attached hydrogen (secondary N) is 1. The quantitative estimate of drug-likeness (QED) is 0.865. The number of benzene rings is 1. The molecule has 0 aliphatic carbocycles. The predicted octanol–water partition coefficient (Wildman–Crippen LogP) is 2.59. The van der Waals surface area contributed by atoms with Crippen LogP contribution < -0.4 is 9.46 Å². The summed E-state index contributed by atoms with van der Waals surface area (Å²) in [6.07, 6.45) is 0. The highest BCUT2D eigenvalue weighted by Crippen LogP contribution is 2.26. The summed E-state index contributed by atoms with van der Waals surface area (Å²) in [5.74, 6) is 0.366. The van der Waals surface area contributed by atoms with E-state index in [0.29, 0.717) is 30.3 Å². The maximum atomic E-state index is 12.6. The summed E-state index contributed by atoms with van der Waals surface area (Å²) in [4.78, 5) is 0.00514. The largest absolute Gasteiger partial charge is 0.492 e. The van der Waals surface area contributed by atoms with Crippen molar-refractivity contribution in [1.29, 1.82) is 5.26 Å². The molecule has 0 saturated carbocycles. The zero-order chi connectivity index (χ0) is 17.9. The van der Waals surface area contributed by atoms with Gasteiger partial charge in [0.2, 0.25) is 0 Å². The normalized spacial score (nSPS) is 11.1. The standard InChI is InChI=1S/C16H20N4O3S/c1-5-20-12(4)16(11(3)18-20)19-24(21,22)14-7-8-15(23-6-2)13(9-14)10-17/h7-9,19H,5-6H2,1-4H3. The average Bonchev–Trinajstić information content (AvgIpc) is 2.82. The molecular weight excluding hydrogens is 328 g/mol. The Morgan fingerprint density at radius 1 is 1.33 bits per heavy atom. The summed E-state index contributed by atoms with van der Waals surface area (Å²) in [5, 5.41) is 13.5. The van der Waals surface area contributed by atoms with Gasteiger partial charge in [0.25, 0.3) is 10.0 Å². The molecule has 0 saturated heterocycles. The Labute approximate surface area is 141 Å². The molecule has 0 aliphatic heterocycles. The molecule has 1 aromatic heterocycles. The van der Waals surface area contributed by atoms with Crippen LogP contribution in [0.15, 0.2) is 23.1 Å². The SMILES string of the molecule is CCOc1ccc(S(=O)(=O)Nc2c(C)nn(CC)c2C)cc1C#N. The van der Waals surface area contributed by atoms with Crippen molar-refractivity contribution in [3.8, 4) is 11.8 Å². The van der Waals surface area contributed by atoms with Gasteiger partial charge in [0, 0.05) is 6.54 Å². The Balaban J connectivity index is 2.42. The molecule has 0 spiro atoms. The number of ether oxygens (including phenoxy) is 1. The summed E-state index contributed by atoms with van der Waals surface area (Å²) >= 11 is 0. The lowest BCUT2D eigenvalue weighted by molar-refractivity contribution is 0.339. The van der Waals surface area contributed by atoms with Crippen LogP contribution in [0.4, 0.5) is 5.69 Å². The molecule has 2 rings (SSSR count). The van der Waals surface area contributed by atoms with Gasteiger partial charge >= 0.3 is 0 Å². The van der Waals surface area contributed by atoms with Crippen molar-refractivity contribution >= 4 is 15.7 Å². The van der Waals surface area contributed by atoms with Crippen LogP contribution in [0.2, 0.25) is 0 Å². The van der Waals surface area contributed by atoms with Crippen molar-refractivity contribution in [2.75, 3.05) is 11.3 Å². The number of aromatic nitrogens is 2. The molecule has 8 heteroatoms. The Bertz CT molecular complexity index is 895. The van der Waals surface area contributed by atoms with E-state index in [9.17, 15) is 13.7 Å². The minimum Gasteiger partial charge on any atom is -0.492 e. The van der Waals surface area contributed by atoms with Crippen LogP contribution in [-0.2, 0) is 16.6 Å². The summed E-state index contributed by atoms with van der Waals surface area (Å²) in [6, 6.07) is 6.18. The average molecular weight is 348 g/mol. The number of sulfonamides is 1. The van der Waals surface area contributed by atoms with E-state index in [1.807, 2.05) is 13.0 Å². The molecule has 1 heterocycles. The van der Waals surface area contributed by atoms with Gasteiger partial charge < -0.3 is 4.74 Å². The Kier molecular flexibility index (Phi) is 5.14. The van der Waals surface area contributed by atoms with Crippen LogP contribution in [0.1, 0.15) is 30.8 Å². The Morgan fingerprint density at radius 3 is 2.58 bits per heavy atom. The van der Waals surface area contributed by atoms with Crippen LogP contribution in [0.3, 0.4) is 0 Å². The minimum atomic E-state index is -3.83. The number of hydrogen-bond acceptors (Lipinski definition) is 5. The summed E-state index contributed by atoms with van der Waals surface area (Å²) in [7, 11) is -3.83. The number of rotatable bonds is 6. The molecule has 0 unspecified atom stereocenters. The zero-order valence-corrected chi connectivity index (χ0v) is 14.9. The molecule has 1 aromatic carbocycles.